The smallest absolute Gasteiger partial charge is 0.353 e. The van der Waals surface area contributed by atoms with Gasteiger partial charge in [-0.1, -0.05) is 12.1 Å². The summed E-state index contributed by atoms with van der Waals surface area (Å²) in [5.41, 5.74) is 0.857. The van der Waals surface area contributed by atoms with E-state index < -0.39 is 11.6 Å². The number of methoxy groups -OCH3 is 2. The van der Waals surface area contributed by atoms with Crippen molar-refractivity contribution < 1.29 is 23.4 Å². The second-order valence-electron chi connectivity index (χ2n) is 6.08. The van der Waals surface area contributed by atoms with Crippen LogP contribution in [0.3, 0.4) is 0 Å². The normalized spacial score (nSPS) is 10.7. The average Bonchev–Trinajstić information content (AvgIpc) is 3.28. The van der Waals surface area contributed by atoms with Gasteiger partial charge in [0.25, 0.3) is 0 Å². The van der Waals surface area contributed by atoms with Crippen LogP contribution in [0.5, 0.6) is 17.2 Å². The number of hydrogen-bond donors (Lipinski definition) is 0. The molecule has 0 bridgehead atoms. The quantitative estimate of drug-likeness (QED) is 0.269. The topological polar surface area (TPSA) is 75.0 Å². The zero-order valence-electron chi connectivity index (χ0n) is 15.6. The summed E-state index contributed by atoms with van der Waals surface area (Å²) in [6.45, 7) is 0. The van der Waals surface area contributed by atoms with E-state index >= 15 is 0 Å². The molecule has 2 heterocycles. The number of thiophene rings is 1. The van der Waals surface area contributed by atoms with Crippen molar-refractivity contribution in [3.63, 3.8) is 0 Å². The van der Waals surface area contributed by atoms with E-state index in [9.17, 15) is 9.59 Å². The lowest BCUT2D eigenvalue weighted by Gasteiger charge is -2.10. The Morgan fingerprint density at radius 3 is 2.52 bits per heavy atom. The monoisotopic (exact) mass is 408 g/mol. The molecule has 0 aliphatic carbocycles. The summed E-state index contributed by atoms with van der Waals surface area (Å²) in [4.78, 5) is 25.2. The van der Waals surface area contributed by atoms with E-state index in [1.165, 1.54) is 24.5 Å². The minimum absolute atomic E-state index is 0.304. The van der Waals surface area contributed by atoms with Gasteiger partial charge in [0.1, 0.15) is 16.2 Å². The van der Waals surface area contributed by atoms with E-state index in [2.05, 4.69) is 0 Å². The molecule has 4 aromatic rings. The number of hydrogen-bond acceptors (Lipinski definition) is 7. The lowest BCUT2D eigenvalue weighted by molar-refractivity contribution is 0.0740. The predicted octanol–water partition coefficient (Wildman–Crippen LogP) is 4.76. The lowest BCUT2D eigenvalue weighted by atomic mass is 10.1. The van der Waals surface area contributed by atoms with E-state index in [1.807, 2.05) is 0 Å². The van der Waals surface area contributed by atoms with Crippen LogP contribution in [0.1, 0.15) is 9.67 Å². The predicted molar refractivity (Wildman–Crippen MR) is 110 cm³/mol. The molecule has 0 aliphatic heterocycles. The molecular weight excluding hydrogens is 392 g/mol. The van der Waals surface area contributed by atoms with Gasteiger partial charge in [-0.05, 0) is 47.3 Å². The van der Waals surface area contributed by atoms with Crippen molar-refractivity contribution in [3.05, 3.63) is 75.3 Å². The maximum absolute atomic E-state index is 12.6. The van der Waals surface area contributed by atoms with E-state index in [4.69, 9.17) is 18.6 Å². The van der Waals surface area contributed by atoms with Crippen LogP contribution in [0, 0.1) is 0 Å². The molecule has 2 aromatic heterocycles. The highest BCUT2D eigenvalue weighted by Gasteiger charge is 2.14. The van der Waals surface area contributed by atoms with Gasteiger partial charge in [0.15, 0.2) is 11.5 Å². The zero-order valence-corrected chi connectivity index (χ0v) is 16.4. The van der Waals surface area contributed by atoms with Crippen LogP contribution in [0.2, 0.25) is 0 Å². The van der Waals surface area contributed by atoms with Crippen molar-refractivity contribution in [1.82, 2.24) is 0 Å². The Labute approximate surface area is 169 Å². The molecule has 0 amide bonds. The van der Waals surface area contributed by atoms with Gasteiger partial charge in [-0.25, -0.2) is 9.59 Å². The fraction of sp³-hybridized carbons (Fsp3) is 0.0909. The first-order valence-corrected chi connectivity index (χ1v) is 9.53. The first-order valence-electron chi connectivity index (χ1n) is 8.65. The van der Waals surface area contributed by atoms with E-state index in [0.29, 0.717) is 44.2 Å². The molecule has 0 saturated carbocycles. The van der Waals surface area contributed by atoms with Gasteiger partial charge >= 0.3 is 11.6 Å². The van der Waals surface area contributed by atoms with Gasteiger partial charge in [0, 0.05) is 11.5 Å². The van der Waals surface area contributed by atoms with Crippen molar-refractivity contribution in [2.24, 2.45) is 0 Å². The number of esters is 1. The Morgan fingerprint density at radius 1 is 0.966 bits per heavy atom. The second kappa shape index (κ2) is 7.81. The molecule has 0 saturated heterocycles. The van der Waals surface area contributed by atoms with Gasteiger partial charge in [0.05, 0.1) is 19.8 Å². The molecule has 0 radical (unpaired) electrons. The Bertz CT molecular complexity index is 1240. The molecule has 0 N–H and O–H groups in total. The highest BCUT2D eigenvalue weighted by atomic mass is 32.1. The van der Waals surface area contributed by atoms with Gasteiger partial charge in [-0.3, -0.25) is 0 Å². The number of carbonyl (C=O) groups excluding carboxylic acids is 1. The van der Waals surface area contributed by atoms with Crippen LogP contribution in [-0.4, -0.2) is 20.2 Å². The van der Waals surface area contributed by atoms with Gasteiger partial charge in [-0.15, -0.1) is 11.3 Å². The SMILES string of the molecule is COc1ccc(-c2cc3ccc(OC(=O)c4cccs4)cc3oc2=O)cc1OC. The molecule has 0 aliphatic rings. The first kappa shape index (κ1) is 18.8. The molecule has 0 spiro atoms. The van der Waals surface area contributed by atoms with Crippen LogP contribution >= 0.6 is 11.3 Å². The maximum Gasteiger partial charge on any atom is 0.353 e. The molecule has 0 atom stereocenters. The van der Waals surface area contributed by atoms with Crippen LogP contribution in [0.25, 0.3) is 22.1 Å². The van der Waals surface area contributed by atoms with Crippen LogP contribution in [-0.2, 0) is 0 Å². The maximum atomic E-state index is 12.6. The third-order valence-electron chi connectivity index (χ3n) is 4.33. The van der Waals surface area contributed by atoms with Crippen LogP contribution < -0.4 is 19.8 Å². The van der Waals surface area contributed by atoms with E-state index in [0.717, 1.165) is 0 Å². The summed E-state index contributed by atoms with van der Waals surface area (Å²) >= 11 is 1.29. The van der Waals surface area contributed by atoms with E-state index in [-0.39, 0.29) is 0 Å². The molecule has 2 aromatic carbocycles. The highest BCUT2D eigenvalue weighted by Crippen LogP contribution is 2.32. The average molecular weight is 408 g/mol. The van der Waals surface area contributed by atoms with Crippen molar-refractivity contribution in [1.29, 1.82) is 0 Å². The zero-order chi connectivity index (χ0) is 20.4. The molecule has 6 nitrogen and oxygen atoms in total. The highest BCUT2D eigenvalue weighted by molar-refractivity contribution is 7.12. The summed E-state index contributed by atoms with van der Waals surface area (Å²) in [7, 11) is 3.08. The van der Waals surface area contributed by atoms with Crippen LogP contribution in [0.4, 0.5) is 0 Å². The largest absolute Gasteiger partial charge is 0.493 e. The lowest BCUT2D eigenvalue weighted by Crippen LogP contribution is -2.07. The van der Waals surface area contributed by atoms with Crippen molar-refractivity contribution in [2.75, 3.05) is 14.2 Å². The minimum atomic E-state index is -0.508. The minimum Gasteiger partial charge on any atom is -0.493 e. The summed E-state index contributed by atoms with van der Waals surface area (Å²) in [6, 6.07) is 15.3. The van der Waals surface area contributed by atoms with Crippen molar-refractivity contribution >= 4 is 28.3 Å². The molecular formula is C22H16O6S. The molecule has 146 valence electrons. The molecule has 4 rings (SSSR count). The number of benzene rings is 2. The Kier molecular flexibility index (Phi) is 5.05. The third-order valence-corrected chi connectivity index (χ3v) is 5.18. The van der Waals surface area contributed by atoms with Crippen molar-refractivity contribution in [2.45, 2.75) is 0 Å². The first-order chi connectivity index (χ1) is 14.1. The fourth-order valence-corrected chi connectivity index (χ4v) is 3.51. The number of rotatable bonds is 5. The summed E-state index contributed by atoms with van der Waals surface area (Å²) in [6.07, 6.45) is 0. The molecule has 0 fully saturated rings. The van der Waals surface area contributed by atoms with Gasteiger partial charge in [-0.2, -0.15) is 0 Å². The van der Waals surface area contributed by atoms with Crippen molar-refractivity contribution in [3.8, 4) is 28.4 Å². The number of carbonyl (C=O) groups is 1. The Morgan fingerprint density at radius 2 is 1.79 bits per heavy atom. The second-order valence-corrected chi connectivity index (χ2v) is 7.03. The third kappa shape index (κ3) is 3.72. The number of ether oxygens (including phenoxy) is 3. The summed E-state index contributed by atoms with van der Waals surface area (Å²) in [5.74, 6) is 0.931. The number of fused-ring (bicyclic) bond motifs is 1. The van der Waals surface area contributed by atoms with Gasteiger partial charge in [0.2, 0.25) is 0 Å². The molecule has 29 heavy (non-hydrogen) atoms. The summed E-state index contributed by atoms with van der Waals surface area (Å²) < 4.78 is 21.4. The standard InChI is InChI=1S/C22H16O6S/c1-25-17-8-6-13(11-19(17)26-2)16-10-14-5-7-15(12-18(14)28-21(16)23)27-22(24)20-4-3-9-29-20/h3-12H,1-2H3. The summed E-state index contributed by atoms with van der Waals surface area (Å²) in [5, 5.41) is 2.50. The Balaban J connectivity index is 1.69. The Hall–Kier alpha value is -3.58. The van der Waals surface area contributed by atoms with Crippen LogP contribution in [0.15, 0.2) is 69.2 Å². The molecule has 0 unspecified atom stereocenters. The van der Waals surface area contributed by atoms with E-state index in [1.54, 1.807) is 61.0 Å². The van der Waals surface area contributed by atoms with Gasteiger partial charge < -0.3 is 18.6 Å². The molecule has 7 heteroatoms. The fourth-order valence-electron chi connectivity index (χ4n) is 2.91.